The Labute approximate surface area is 160 Å². The van der Waals surface area contributed by atoms with Crippen molar-refractivity contribution in [3.63, 3.8) is 0 Å². The number of carboxylic acid groups (broad SMARTS) is 1. The zero-order chi connectivity index (χ0) is 18.6. The van der Waals surface area contributed by atoms with E-state index in [0.29, 0.717) is 18.8 Å². The first-order valence-electron chi connectivity index (χ1n) is 8.26. The van der Waals surface area contributed by atoms with Gasteiger partial charge in [-0.2, -0.15) is 0 Å². The summed E-state index contributed by atoms with van der Waals surface area (Å²) in [6.45, 7) is 2.64. The molecule has 8 heteroatoms. The van der Waals surface area contributed by atoms with Crippen LogP contribution in [0.4, 0.5) is 0 Å². The summed E-state index contributed by atoms with van der Waals surface area (Å²) in [7, 11) is 0. The van der Waals surface area contributed by atoms with Crippen LogP contribution in [0.15, 0.2) is 34.5 Å². The Bertz CT molecular complexity index is 783. The maximum absolute atomic E-state index is 12.5. The molecule has 26 heavy (non-hydrogen) atoms. The lowest BCUT2D eigenvalue weighted by Crippen LogP contribution is -2.57. The van der Waals surface area contributed by atoms with Crippen LogP contribution in [0, 0.1) is 6.92 Å². The molecule has 0 bridgehead atoms. The first kappa shape index (κ1) is 18.9. The number of hydrogen-bond acceptors (Lipinski definition) is 6. The number of aliphatic carboxylic acids is 1. The summed E-state index contributed by atoms with van der Waals surface area (Å²) in [6, 6.07) is 7.18. The predicted molar refractivity (Wildman–Crippen MR) is 101 cm³/mol. The van der Waals surface area contributed by atoms with E-state index < -0.39 is 11.5 Å². The average Bonchev–Trinajstić information content (AvgIpc) is 3.06. The Morgan fingerprint density at radius 2 is 2.00 bits per heavy atom. The molecule has 0 radical (unpaired) electrons. The van der Waals surface area contributed by atoms with Crippen molar-refractivity contribution in [3.8, 4) is 0 Å². The molecule has 1 aromatic heterocycles. The summed E-state index contributed by atoms with van der Waals surface area (Å²) in [5.74, 6) is -0.612. The van der Waals surface area contributed by atoms with E-state index in [9.17, 15) is 14.7 Å². The standard InChI is InChI=1S/C18H20N2O4S2/c1-12-19-14(10-25-12)11-26-15-4-2-13(3-5-15)16(21)20-18(17(22)23)6-8-24-9-7-18/h2-5,10H,6-9,11H2,1H3,(H,20,21)(H,22,23). The van der Waals surface area contributed by atoms with Crippen LogP contribution in [0.5, 0.6) is 0 Å². The lowest BCUT2D eigenvalue weighted by atomic mass is 9.89. The summed E-state index contributed by atoms with van der Waals surface area (Å²) in [5.41, 5.74) is 0.249. The summed E-state index contributed by atoms with van der Waals surface area (Å²) in [4.78, 5) is 29.6. The number of rotatable bonds is 6. The van der Waals surface area contributed by atoms with Crippen molar-refractivity contribution < 1.29 is 19.4 Å². The van der Waals surface area contributed by atoms with E-state index in [2.05, 4.69) is 10.3 Å². The molecule has 2 aromatic rings. The van der Waals surface area contributed by atoms with E-state index in [-0.39, 0.29) is 18.7 Å². The number of carboxylic acids is 1. The highest BCUT2D eigenvalue weighted by Gasteiger charge is 2.41. The Morgan fingerprint density at radius 3 is 2.58 bits per heavy atom. The van der Waals surface area contributed by atoms with Gasteiger partial charge in [0.15, 0.2) is 0 Å². The SMILES string of the molecule is Cc1nc(CSc2ccc(C(=O)NC3(C(=O)O)CCOCC3)cc2)cs1. The summed E-state index contributed by atoms with van der Waals surface area (Å²) >= 11 is 3.28. The van der Waals surface area contributed by atoms with E-state index in [1.807, 2.05) is 24.4 Å². The molecule has 1 amide bonds. The normalized spacial score (nSPS) is 16.2. The molecule has 2 heterocycles. The van der Waals surface area contributed by atoms with Crippen LogP contribution in [0.1, 0.15) is 33.9 Å². The van der Waals surface area contributed by atoms with Crippen molar-refractivity contribution in [2.75, 3.05) is 13.2 Å². The number of carbonyl (C=O) groups excluding carboxylic acids is 1. The Kier molecular flexibility index (Phi) is 5.95. The second kappa shape index (κ2) is 8.20. The van der Waals surface area contributed by atoms with Gasteiger partial charge < -0.3 is 15.2 Å². The zero-order valence-electron chi connectivity index (χ0n) is 14.4. The Balaban J connectivity index is 1.62. The van der Waals surface area contributed by atoms with Crippen LogP contribution in [0.25, 0.3) is 0 Å². The quantitative estimate of drug-likeness (QED) is 0.735. The molecule has 0 unspecified atom stereocenters. The van der Waals surface area contributed by atoms with Crippen molar-refractivity contribution in [1.82, 2.24) is 10.3 Å². The summed E-state index contributed by atoms with van der Waals surface area (Å²) in [6.07, 6.45) is 0.546. The second-order valence-electron chi connectivity index (χ2n) is 6.12. The van der Waals surface area contributed by atoms with Gasteiger partial charge in [-0.25, -0.2) is 9.78 Å². The van der Waals surface area contributed by atoms with Crippen molar-refractivity contribution in [2.24, 2.45) is 0 Å². The van der Waals surface area contributed by atoms with E-state index >= 15 is 0 Å². The average molecular weight is 393 g/mol. The number of amides is 1. The highest BCUT2D eigenvalue weighted by atomic mass is 32.2. The monoisotopic (exact) mass is 392 g/mol. The molecule has 1 aliphatic rings. The molecule has 1 aromatic carbocycles. The van der Waals surface area contributed by atoms with Gasteiger partial charge in [0.1, 0.15) is 5.54 Å². The van der Waals surface area contributed by atoms with Gasteiger partial charge in [-0.3, -0.25) is 4.79 Å². The lowest BCUT2D eigenvalue weighted by Gasteiger charge is -2.33. The number of aryl methyl sites for hydroxylation is 1. The van der Waals surface area contributed by atoms with Gasteiger partial charge in [0.25, 0.3) is 5.91 Å². The zero-order valence-corrected chi connectivity index (χ0v) is 16.0. The molecule has 0 atom stereocenters. The first-order valence-corrected chi connectivity index (χ1v) is 10.1. The van der Waals surface area contributed by atoms with E-state index in [1.165, 1.54) is 0 Å². The molecule has 0 saturated carbocycles. The van der Waals surface area contributed by atoms with Gasteiger partial charge >= 0.3 is 5.97 Å². The number of carbonyl (C=O) groups is 2. The first-order chi connectivity index (χ1) is 12.5. The highest BCUT2D eigenvalue weighted by molar-refractivity contribution is 7.98. The fourth-order valence-corrected chi connectivity index (χ4v) is 4.25. The summed E-state index contributed by atoms with van der Waals surface area (Å²) < 4.78 is 5.22. The van der Waals surface area contributed by atoms with Crippen molar-refractivity contribution >= 4 is 35.0 Å². The van der Waals surface area contributed by atoms with Gasteiger partial charge in [-0.05, 0) is 31.2 Å². The number of nitrogens with one attached hydrogen (secondary N) is 1. The maximum atomic E-state index is 12.5. The number of aromatic nitrogens is 1. The molecule has 1 fully saturated rings. The smallest absolute Gasteiger partial charge is 0.329 e. The van der Waals surface area contributed by atoms with Gasteiger partial charge in [0.2, 0.25) is 0 Å². The van der Waals surface area contributed by atoms with Gasteiger partial charge in [0.05, 0.1) is 10.7 Å². The van der Waals surface area contributed by atoms with Crippen molar-refractivity contribution in [2.45, 2.75) is 36.0 Å². The van der Waals surface area contributed by atoms with Crippen LogP contribution >= 0.6 is 23.1 Å². The van der Waals surface area contributed by atoms with E-state index in [0.717, 1.165) is 21.3 Å². The number of benzene rings is 1. The number of nitrogens with zero attached hydrogens (tertiary/aromatic N) is 1. The van der Waals surface area contributed by atoms with Crippen molar-refractivity contribution in [3.05, 3.63) is 45.9 Å². The molecular formula is C18H20N2O4S2. The van der Waals surface area contributed by atoms with Crippen LogP contribution in [-0.2, 0) is 15.3 Å². The number of hydrogen-bond donors (Lipinski definition) is 2. The molecule has 2 N–H and O–H groups in total. The molecule has 1 saturated heterocycles. The molecule has 6 nitrogen and oxygen atoms in total. The fourth-order valence-electron chi connectivity index (χ4n) is 2.74. The van der Waals surface area contributed by atoms with Crippen LogP contribution in [0.2, 0.25) is 0 Å². The second-order valence-corrected chi connectivity index (χ2v) is 8.24. The van der Waals surface area contributed by atoms with Gasteiger partial charge in [-0.1, -0.05) is 0 Å². The molecular weight excluding hydrogens is 372 g/mol. The van der Waals surface area contributed by atoms with E-state index in [4.69, 9.17) is 4.74 Å². The molecule has 1 aliphatic heterocycles. The molecule has 138 valence electrons. The largest absolute Gasteiger partial charge is 0.480 e. The summed E-state index contributed by atoms with van der Waals surface area (Å²) in [5, 5.41) is 15.3. The van der Waals surface area contributed by atoms with Crippen LogP contribution < -0.4 is 5.32 Å². The van der Waals surface area contributed by atoms with Crippen molar-refractivity contribution in [1.29, 1.82) is 0 Å². The van der Waals surface area contributed by atoms with Crippen LogP contribution in [-0.4, -0.2) is 40.7 Å². The number of thiazole rings is 1. The van der Waals surface area contributed by atoms with E-state index in [1.54, 1.807) is 35.2 Å². The Hall–Kier alpha value is -1.90. The van der Waals surface area contributed by atoms with Gasteiger partial charge in [-0.15, -0.1) is 23.1 Å². The number of ether oxygens (including phenoxy) is 1. The lowest BCUT2D eigenvalue weighted by molar-refractivity contribution is -0.148. The maximum Gasteiger partial charge on any atom is 0.329 e. The van der Waals surface area contributed by atoms with Gasteiger partial charge in [0, 0.05) is 47.6 Å². The topological polar surface area (TPSA) is 88.5 Å². The van der Waals surface area contributed by atoms with Crippen LogP contribution in [0.3, 0.4) is 0 Å². The highest BCUT2D eigenvalue weighted by Crippen LogP contribution is 2.25. The minimum Gasteiger partial charge on any atom is -0.480 e. The third-order valence-corrected chi connectivity index (χ3v) is 6.15. The fraction of sp³-hybridized carbons (Fsp3) is 0.389. The molecule has 0 spiro atoms. The Morgan fingerprint density at radius 1 is 1.31 bits per heavy atom. The predicted octanol–water partition coefficient (Wildman–Crippen LogP) is 3.11. The third kappa shape index (κ3) is 4.44. The molecule has 3 rings (SSSR count). The molecule has 0 aliphatic carbocycles. The number of thioether (sulfide) groups is 1. The minimum absolute atomic E-state index is 0.273. The third-order valence-electron chi connectivity index (χ3n) is 4.28. The minimum atomic E-state index is -1.24.